The zero-order valence-electron chi connectivity index (χ0n) is 13.5. The van der Waals surface area contributed by atoms with Gasteiger partial charge in [0.15, 0.2) is 0 Å². The lowest BCUT2D eigenvalue weighted by Gasteiger charge is -2.27. The second-order valence-electron chi connectivity index (χ2n) is 7.32. The molecule has 2 atom stereocenters. The monoisotopic (exact) mass is 294 g/mol. The molecule has 0 aliphatic heterocycles. The summed E-state index contributed by atoms with van der Waals surface area (Å²) in [6.07, 6.45) is 16.2. The quantitative estimate of drug-likeness (QED) is 0.554. The van der Waals surface area contributed by atoms with Gasteiger partial charge in [0.25, 0.3) is 0 Å². The zero-order valence-corrected chi connectivity index (χ0v) is 14.5. The summed E-state index contributed by atoms with van der Waals surface area (Å²) in [5.41, 5.74) is 12.0. The maximum Gasteiger partial charge on any atom is 0.0668 e. The van der Waals surface area contributed by atoms with E-state index in [1.807, 2.05) is 11.1 Å². The van der Waals surface area contributed by atoms with Gasteiger partial charge in [-0.1, -0.05) is 34.4 Å². The molecule has 0 saturated heterocycles. The van der Waals surface area contributed by atoms with E-state index in [1.54, 1.807) is 22.3 Å². The van der Waals surface area contributed by atoms with Gasteiger partial charge in [-0.3, -0.25) is 0 Å². The van der Waals surface area contributed by atoms with Crippen molar-refractivity contribution in [2.45, 2.75) is 76.3 Å². The fourth-order valence-electron chi connectivity index (χ4n) is 4.79. The Morgan fingerprint density at radius 1 is 0.714 bits per heavy atom. The molecule has 110 valence electrons. The molecule has 0 aromatic rings. The zero-order chi connectivity index (χ0) is 14.4. The molecule has 2 unspecified atom stereocenters. The highest BCUT2D eigenvalue weighted by Gasteiger charge is 2.34. The number of rotatable bonds is 2. The number of hydrogen-bond acceptors (Lipinski definition) is 0. The minimum absolute atomic E-state index is 0.794. The Labute approximate surface area is 131 Å². The van der Waals surface area contributed by atoms with Crippen molar-refractivity contribution in [1.82, 2.24) is 0 Å². The summed E-state index contributed by atoms with van der Waals surface area (Å²) < 4.78 is 0. The molecule has 0 bridgehead atoms. The van der Waals surface area contributed by atoms with Crippen molar-refractivity contribution in [3.8, 4) is 0 Å². The van der Waals surface area contributed by atoms with Crippen LogP contribution in [-0.2, 0) is 0 Å². The lowest BCUT2D eigenvalue weighted by atomic mass is 9.93. The molecule has 0 saturated carbocycles. The average molecular weight is 295 g/mol. The van der Waals surface area contributed by atoms with Crippen LogP contribution in [0.4, 0.5) is 0 Å². The minimum atomic E-state index is 0.794. The minimum Gasteiger partial charge on any atom is -0.0691 e. The molecule has 0 N–H and O–H groups in total. The van der Waals surface area contributed by atoms with E-state index in [0.29, 0.717) is 0 Å². The summed E-state index contributed by atoms with van der Waals surface area (Å²) in [7, 11) is 1.07. The molecule has 0 spiro atoms. The fraction of sp³-hybridized carbons (Fsp3) is 0.600. The summed E-state index contributed by atoms with van der Waals surface area (Å²) >= 11 is 0. The van der Waals surface area contributed by atoms with Gasteiger partial charge in [-0.2, -0.15) is 0 Å². The predicted octanol–water partition coefficient (Wildman–Crippen LogP) is 5.93. The van der Waals surface area contributed by atoms with E-state index in [-0.39, 0.29) is 0 Å². The van der Waals surface area contributed by atoms with Gasteiger partial charge in [-0.15, -0.1) is 0 Å². The molecule has 0 aromatic heterocycles. The summed E-state index contributed by atoms with van der Waals surface area (Å²) in [5, 5.41) is 0. The molecule has 21 heavy (non-hydrogen) atoms. The van der Waals surface area contributed by atoms with E-state index in [2.05, 4.69) is 26.0 Å². The van der Waals surface area contributed by atoms with E-state index in [4.69, 9.17) is 0 Å². The molecule has 1 heteroatoms. The predicted molar refractivity (Wildman–Crippen MR) is 91.8 cm³/mol. The summed E-state index contributed by atoms with van der Waals surface area (Å²) in [6, 6.07) is 0. The van der Waals surface area contributed by atoms with E-state index in [1.165, 1.54) is 51.4 Å². The van der Waals surface area contributed by atoms with Crippen molar-refractivity contribution in [2.75, 3.05) is 0 Å². The standard InChI is InChI=1S/C20H26Si/c1-13-11-15-7-3-5-9-17(15)19(13)21-20-14(2)12-16-8-4-6-10-18(16)20/h11-12,19-20H,3-10H2,1-2H3. The normalized spacial score (nSPS) is 32.1. The first-order chi connectivity index (χ1) is 10.2. The van der Waals surface area contributed by atoms with Crippen LogP contribution in [0.3, 0.4) is 0 Å². The van der Waals surface area contributed by atoms with Gasteiger partial charge in [-0.25, -0.2) is 0 Å². The molecule has 4 aliphatic rings. The number of allylic oxidation sites excluding steroid dienone is 8. The third kappa shape index (κ3) is 2.34. The van der Waals surface area contributed by atoms with Gasteiger partial charge >= 0.3 is 0 Å². The Balaban J connectivity index is 1.59. The van der Waals surface area contributed by atoms with Crippen molar-refractivity contribution < 1.29 is 0 Å². The Kier molecular flexibility index (Phi) is 3.57. The van der Waals surface area contributed by atoms with E-state index in [9.17, 15) is 0 Å². The molecule has 0 aromatic carbocycles. The van der Waals surface area contributed by atoms with Gasteiger partial charge in [0.1, 0.15) is 0 Å². The highest BCUT2D eigenvalue weighted by molar-refractivity contribution is 6.44. The van der Waals surface area contributed by atoms with E-state index in [0.717, 1.165) is 20.6 Å². The second-order valence-corrected chi connectivity index (χ2v) is 8.81. The Hall–Kier alpha value is -0.823. The second kappa shape index (κ2) is 5.42. The lowest BCUT2D eigenvalue weighted by Crippen LogP contribution is -2.16. The molecule has 0 fully saturated rings. The summed E-state index contributed by atoms with van der Waals surface area (Å²) in [4.78, 5) is 0. The number of hydrogen-bond donors (Lipinski definition) is 0. The van der Waals surface area contributed by atoms with Crippen molar-refractivity contribution in [3.05, 3.63) is 45.6 Å². The Bertz CT molecular complexity index is 533. The third-order valence-electron chi connectivity index (χ3n) is 5.85. The van der Waals surface area contributed by atoms with Crippen LogP contribution in [0.1, 0.15) is 65.2 Å². The van der Waals surface area contributed by atoms with Crippen LogP contribution in [0.25, 0.3) is 0 Å². The SMILES string of the molecule is CC1=CC2=C(CCCC2)C1[Si]C1C(C)=CC2=C1CCCC2. The smallest absolute Gasteiger partial charge is 0.0668 e. The Morgan fingerprint density at radius 2 is 1.14 bits per heavy atom. The fourth-order valence-corrected chi connectivity index (χ4v) is 6.88. The summed E-state index contributed by atoms with van der Waals surface area (Å²) in [5.74, 6) is 0. The van der Waals surface area contributed by atoms with Crippen molar-refractivity contribution >= 4 is 9.52 Å². The first-order valence-electron chi connectivity index (χ1n) is 8.80. The van der Waals surface area contributed by atoms with E-state index < -0.39 is 0 Å². The lowest BCUT2D eigenvalue weighted by molar-refractivity contribution is 0.671. The van der Waals surface area contributed by atoms with Crippen LogP contribution in [0.5, 0.6) is 0 Å². The van der Waals surface area contributed by atoms with Crippen molar-refractivity contribution in [3.63, 3.8) is 0 Å². The maximum absolute atomic E-state index is 2.54. The van der Waals surface area contributed by atoms with Crippen molar-refractivity contribution in [1.29, 1.82) is 0 Å². The van der Waals surface area contributed by atoms with Crippen LogP contribution < -0.4 is 0 Å². The average Bonchev–Trinajstić information content (AvgIpc) is 2.97. The molecule has 4 rings (SSSR count). The topological polar surface area (TPSA) is 0 Å². The first kappa shape index (κ1) is 13.8. The van der Waals surface area contributed by atoms with Crippen molar-refractivity contribution in [2.24, 2.45) is 0 Å². The molecule has 4 aliphatic carbocycles. The molecule has 0 heterocycles. The molecular formula is C20H26Si. The third-order valence-corrected chi connectivity index (χ3v) is 8.13. The van der Waals surface area contributed by atoms with Crippen LogP contribution >= 0.6 is 0 Å². The maximum atomic E-state index is 2.54. The highest BCUT2D eigenvalue weighted by atomic mass is 28.2. The first-order valence-corrected chi connectivity index (χ1v) is 9.96. The van der Waals surface area contributed by atoms with Gasteiger partial charge < -0.3 is 0 Å². The molecule has 0 nitrogen and oxygen atoms in total. The molecule has 2 radical (unpaired) electrons. The molecule has 0 amide bonds. The Morgan fingerprint density at radius 3 is 1.62 bits per heavy atom. The van der Waals surface area contributed by atoms with E-state index >= 15 is 0 Å². The van der Waals surface area contributed by atoms with Gasteiger partial charge in [0.2, 0.25) is 0 Å². The van der Waals surface area contributed by atoms with Crippen LogP contribution in [0.15, 0.2) is 45.6 Å². The van der Waals surface area contributed by atoms with Crippen LogP contribution in [-0.4, -0.2) is 9.52 Å². The molecular weight excluding hydrogens is 268 g/mol. The largest absolute Gasteiger partial charge is 0.0691 e. The van der Waals surface area contributed by atoms with Gasteiger partial charge in [-0.05, 0) is 87.4 Å². The van der Waals surface area contributed by atoms with Crippen LogP contribution in [0, 0.1) is 0 Å². The van der Waals surface area contributed by atoms with Crippen LogP contribution in [0.2, 0.25) is 11.1 Å². The summed E-state index contributed by atoms with van der Waals surface area (Å²) in [6.45, 7) is 4.78. The van der Waals surface area contributed by atoms with Gasteiger partial charge in [0, 0.05) is 0 Å². The van der Waals surface area contributed by atoms with Gasteiger partial charge in [0.05, 0.1) is 9.52 Å². The highest BCUT2D eigenvalue weighted by Crippen LogP contribution is 2.50.